The molecule has 1 aromatic rings. The topological polar surface area (TPSA) is 40.5 Å². The number of likely N-dealkylation sites (tertiary alicyclic amines) is 1. The summed E-state index contributed by atoms with van der Waals surface area (Å²) < 4.78 is 0. The Hall–Kier alpha value is -1.03. The number of hydrogen-bond donors (Lipinski definition) is 1. The van der Waals surface area contributed by atoms with Gasteiger partial charge in [0.15, 0.2) is 0 Å². The molecule has 1 aromatic carbocycles. The molecule has 1 amide bonds. The molecule has 0 radical (unpaired) electrons. The maximum atomic E-state index is 12.0. The van der Waals surface area contributed by atoms with Crippen LogP contribution in [0.5, 0.6) is 0 Å². The molecule has 0 unspecified atom stereocenters. The van der Waals surface area contributed by atoms with Crippen molar-refractivity contribution in [2.24, 2.45) is 0 Å². The number of rotatable bonds is 4. The number of carbonyl (C=O) groups is 1. The van der Waals surface area contributed by atoms with E-state index in [2.05, 4.69) is 0 Å². The van der Waals surface area contributed by atoms with Gasteiger partial charge in [0.2, 0.25) is 5.91 Å². The maximum absolute atomic E-state index is 12.0. The molecule has 3 nitrogen and oxygen atoms in total. The Morgan fingerprint density at radius 2 is 2.00 bits per heavy atom. The molecule has 0 spiro atoms. The molecule has 0 bridgehead atoms. The van der Waals surface area contributed by atoms with E-state index < -0.39 is 5.60 Å². The van der Waals surface area contributed by atoms with Gasteiger partial charge >= 0.3 is 0 Å². The first-order valence-corrected chi connectivity index (χ1v) is 7.34. The highest BCUT2D eigenvalue weighted by molar-refractivity contribution is 6.37. The number of halogens is 2. The van der Waals surface area contributed by atoms with Crippen molar-refractivity contribution in [1.82, 2.24) is 4.90 Å². The van der Waals surface area contributed by atoms with Gasteiger partial charge in [-0.05, 0) is 24.6 Å². The number of hydrogen-bond acceptors (Lipinski definition) is 2. The fourth-order valence-electron chi connectivity index (χ4n) is 2.37. The molecule has 1 N–H and O–H groups in total. The number of β-amino-alcohol motifs (C(OH)–C–C–N with tert-alkyl or cyclic N) is 1. The van der Waals surface area contributed by atoms with Gasteiger partial charge in [-0.25, -0.2) is 0 Å². The van der Waals surface area contributed by atoms with Crippen molar-refractivity contribution in [3.8, 4) is 0 Å². The second-order valence-corrected chi connectivity index (χ2v) is 5.95. The van der Waals surface area contributed by atoms with Gasteiger partial charge in [0.25, 0.3) is 0 Å². The maximum Gasteiger partial charge on any atom is 0.246 e. The summed E-state index contributed by atoms with van der Waals surface area (Å²) in [5, 5.41) is 11.1. The lowest BCUT2D eigenvalue weighted by molar-refractivity contribution is -0.151. The molecule has 0 saturated carbocycles. The van der Waals surface area contributed by atoms with Crippen molar-refractivity contribution < 1.29 is 9.90 Å². The molecule has 5 heteroatoms. The van der Waals surface area contributed by atoms with Crippen molar-refractivity contribution in [2.75, 3.05) is 13.1 Å². The summed E-state index contributed by atoms with van der Waals surface area (Å²) in [5.74, 6) is -0.137. The minimum atomic E-state index is -0.708. The van der Waals surface area contributed by atoms with Gasteiger partial charge in [-0.3, -0.25) is 4.79 Å². The van der Waals surface area contributed by atoms with Gasteiger partial charge in [-0.15, -0.1) is 0 Å². The summed E-state index contributed by atoms with van der Waals surface area (Å²) in [4.78, 5) is 13.6. The summed E-state index contributed by atoms with van der Waals surface area (Å²) in [5.41, 5.74) is -0.0752. The Balaban J connectivity index is 1.98. The van der Waals surface area contributed by atoms with E-state index in [1.54, 1.807) is 29.2 Å². The Bertz CT molecular complexity index is 516. The zero-order valence-electron chi connectivity index (χ0n) is 11.3. The van der Waals surface area contributed by atoms with Crippen molar-refractivity contribution in [2.45, 2.75) is 25.4 Å². The molecular formula is C15H17Cl2NO2. The standard InChI is InChI=1S/C15H17Cl2NO2/c1-2-8-15(20)9-18(10-15)14(19)7-6-11-12(16)4-3-5-13(11)17/h3-7,20H,2,8-10H2,1H3. The van der Waals surface area contributed by atoms with Crippen LogP contribution in [0.25, 0.3) is 6.08 Å². The van der Waals surface area contributed by atoms with Gasteiger partial charge in [0, 0.05) is 21.7 Å². The van der Waals surface area contributed by atoms with Crippen LogP contribution in [0.3, 0.4) is 0 Å². The summed E-state index contributed by atoms with van der Waals surface area (Å²) in [6.07, 6.45) is 4.68. The lowest BCUT2D eigenvalue weighted by Gasteiger charge is -2.46. The molecule has 1 aliphatic rings. The Morgan fingerprint density at radius 1 is 1.40 bits per heavy atom. The average Bonchev–Trinajstić information content (AvgIpc) is 2.35. The summed E-state index contributed by atoms with van der Waals surface area (Å²) in [6.45, 7) is 2.79. The molecule has 20 heavy (non-hydrogen) atoms. The number of benzene rings is 1. The third-order valence-electron chi connectivity index (χ3n) is 3.39. The third-order valence-corrected chi connectivity index (χ3v) is 4.05. The van der Waals surface area contributed by atoms with Gasteiger partial charge in [-0.1, -0.05) is 42.6 Å². The van der Waals surface area contributed by atoms with Crippen LogP contribution in [-0.2, 0) is 4.79 Å². The van der Waals surface area contributed by atoms with E-state index >= 15 is 0 Å². The van der Waals surface area contributed by atoms with E-state index in [0.717, 1.165) is 12.8 Å². The summed E-state index contributed by atoms with van der Waals surface area (Å²) in [6, 6.07) is 5.20. The Kier molecular flexibility index (Phi) is 4.74. The molecule has 1 aliphatic heterocycles. The van der Waals surface area contributed by atoms with E-state index in [1.165, 1.54) is 6.08 Å². The monoisotopic (exact) mass is 313 g/mol. The first kappa shape index (κ1) is 15.4. The highest BCUT2D eigenvalue weighted by Gasteiger charge is 2.41. The summed E-state index contributed by atoms with van der Waals surface area (Å²) in [7, 11) is 0. The molecule has 108 valence electrons. The van der Waals surface area contributed by atoms with Gasteiger partial charge in [0.05, 0.1) is 18.7 Å². The first-order valence-electron chi connectivity index (χ1n) is 6.58. The van der Waals surface area contributed by atoms with Crippen LogP contribution in [0.1, 0.15) is 25.3 Å². The highest BCUT2D eigenvalue weighted by Crippen LogP contribution is 2.28. The molecule has 0 aromatic heterocycles. The number of nitrogens with zero attached hydrogens (tertiary/aromatic N) is 1. The van der Waals surface area contributed by atoms with E-state index in [-0.39, 0.29) is 5.91 Å². The minimum absolute atomic E-state index is 0.137. The Morgan fingerprint density at radius 3 is 2.55 bits per heavy atom. The van der Waals surface area contributed by atoms with E-state index in [4.69, 9.17) is 23.2 Å². The smallest absolute Gasteiger partial charge is 0.246 e. The molecular weight excluding hydrogens is 297 g/mol. The first-order chi connectivity index (χ1) is 9.45. The predicted molar refractivity (Wildman–Crippen MR) is 81.9 cm³/mol. The second-order valence-electron chi connectivity index (χ2n) is 5.14. The largest absolute Gasteiger partial charge is 0.386 e. The number of amides is 1. The van der Waals surface area contributed by atoms with Crippen molar-refractivity contribution >= 4 is 35.2 Å². The van der Waals surface area contributed by atoms with E-state index in [0.29, 0.717) is 28.7 Å². The van der Waals surface area contributed by atoms with Crippen molar-refractivity contribution in [3.63, 3.8) is 0 Å². The van der Waals surface area contributed by atoms with E-state index in [1.807, 2.05) is 6.92 Å². The average molecular weight is 314 g/mol. The number of carbonyl (C=O) groups excluding carboxylic acids is 1. The quantitative estimate of drug-likeness (QED) is 0.866. The predicted octanol–water partition coefficient (Wildman–Crippen LogP) is 3.38. The fraction of sp³-hybridized carbons (Fsp3) is 0.400. The number of aliphatic hydroxyl groups is 1. The Labute approximate surface area is 128 Å². The van der Waals surface area contributed by atoms with Gasteiger partial charge in [0.1, 0.15) is 0 Å². The van der Waals surface area contributed by atoms with Crippen LogP contribution in [0.15, 0.2) is 24.3 Å². The molecule has 0 atom stereocenters. The van der Waals surface area contributed by atoms with Gasteiger partial charge in [-0.2, -0.15) is 0 Å². The zero-order valence-corrected chi connectivity index (χ0v) is 12.8. The van der Waals surface area contributed by atoms with Gasteiger partial charge < -0.3 is 10.0 Å². The molecule has 1 heterocycles. The van der Waals surface area contributed by atoms with Crippen LogP contribution in [0.2, 0.25) is 10.0 Å². The van der Waals surface area contributed by atoms with Crippen LogP contribution in [0.4, 0.5) is 0 Å². The summed E-state index contributed by atoms with van der Waals surface area (Å²) >= 11 is 12.1. The second kappa shape index (κ2) is 6.17. The highest BCUT2D eigenvalue weighted by atomic mass is 35.5. The molecule has 1 saturated heterocycles. The fourth-order valence-corrected chi connectivity index (χ4v) is 2.90. The molecule has 2 rings (SSSR count). The van der Waals surface area contributed by atoms with Crippen LogP contribution >= 0.6 is 23.2 Å². The zero-order chi connectivity index (χ0) is 14.8. The van der Waals surface area contributed by atoms with Crippen molar-refractivity contribution in [1.29, 1.82) is 0 Å². The third kappa shape index (κ3) is 3.35. The lowest BCUT2D eigenvalue weighted by Crippen LogP contribution is -2.63. The molecule has 0 aliphatic carbocycles. The van der Waals surface area contributed by atoms with Crippen LogP contribution in [-0.4, -0.2) is 34.6 Å². The molecule has 1 fully saturated rings. The van der Waals surface area contributed by atoms with Crippen molar-refractivity contribution in [3.05, 3.63) is 39.9 Å². The SMILES string of the molecule is CCCC1(O)CN(C(=O)C=Cc2c(Cl)cccc2Cl)C1. The lowest BCUT2D eigenvalue weighted by atomic mass is 9.89. The normalized spacial score (nSPS) is 17.3. The van der Waals surface area contributed by atoms with Crippen LogP contribution in [0, 0.1) is 0 Å². The minimum Gasteiger partial charge on any atom is -0.386 e. The van der Waals surface area contributed by atoms with E-state index in [9.17, 15) is 9.90 Å². The van der Waals surface area contributed by atoms with Crippen LogP contribution < -0.4 is 0 Å².